The largest absolute Gasteiger partial charge is 0.481 e. The molecular formula is C40H50N11O9S2+. The predicted molar refractivity (Wildman–Crippen MR) is 228 cm³/mol. The van der Waals surface area contributed by atoms with Crippen molar-refractivity contribution < 1.29 is 48.0 Å². The number of primary amides is 1. The molecule has 62 heavy (non-hydrogen) atoms. The molecular weight excluding hydrogens is 843 g/mol. The van der Waals surface area contributed by atoms with Crippen molar-refractivity contribution in [2.45, 2.75) is 88.1 Å². The second kappa shape index (κ2) is 21.6. The monoisotopic (exact) mass is 892 g/mol. The zero-order valence-corrected chi connectivity index (χ0v) is 35.4. The van der Waals surface area contributed by atoms with Crippen LogP contribution in [0, 0.1) is 0 Å². The number of nitrogens with zero attached hydrogens (tertiary/aromatic N) is 4. The normalized spacial score (nSPS) is 22.9. The smallest absolute Gasteiger partial charge is 0.307 e. The summed E-state index contributed by atoms with van der Waals surface area (Å²) in [4.78, 5) is 111. The maximum atomic E-state index is 14.4. The molecule has 4 aromatic rings. The van der Waals surface area contributed by atoms with E-state index in [0.717, 1.165) is 16.6 Å². The summed E-state index contributed by atoms with van der Waals surface area (Å²) < 4.78 is 3.74. The first-order chi connectivity index (χ1) is 29.9. The van der Waals surface area contributed by atoms with E-state index in [0.29, 0.717) is 31.4 Å². The molecule has 2 saturated heterocycles. The lowest BCUT2D eigenvalue weighted by atomic mass is 10.0. The SMILES string of the molecule is NC(=O)C1CSSCCC(=O)NC(CCCC[n+]2ccn3ncccc32)C(=O)NCC(=O)NC(CC(=O)O)C(=O)NC(Cc2c[nH]c3ccccc23)C(=O)N2CCCC2C(=O)N1. The summed E-state index contributed by atoms with van der Waals surface area (Å²) in [5, 5.41) is 27.7. The Morgan fingerprint density at radius 3 is 2.52 bits per heavy atom. The molecule has 0 radical (unpaired) electrons. The van der Waals surface area contributed by atoms with Gasteiger partial charge in [0.05, 0.1) is 25.7 Å². The molecule has 0 bridgehead atoms. The van der Waals surface area contributed by atoms with Crippen molar-refractivity contribution in [2.24, 2.45) is 5.73 Å². The van der Waals surface area contributed by atoms with Crippen LogP contribution in [0.2, 0.25) is 0 Å². The van der Waals surface area contributed by atoms with Crippen molar-refractivity contribution in [3.63, 3.8) is 0 Å². The molecule has 20 nitrogen and oxygen atoms in total. The minimum atomic E-state index is -1.67. The standard InChI is InChI=1S/C40H49N11O9S2/c41-36(56)30-23-62-61-18-12-32(52)45-27(9-3-4-14-49-16-17-51-34(49)11-5-13-44-51)37(57)43-22-33(53)46-28(20-35(54)55)38(58)47-29(19-24-21-42-26-8-2-1-7-25(24)26)40(60)50-15-6-10-31(50)39(59)48-30/h1-2,5,7-8,11,13,16-17,21,27-31,42H,3-4,6,9-10,12,14-15,18-20,22-23H2,(H7-,41,43,45,46,47,48,52,53,54,55,56,57,58,59)/p+1. The molecule has 22 heteroatoms. The van der Waals surface area contributed by atoms with Gasteiger partial charge in [0.1, 0.15) is 36.4 Å². The van der Waals surface area contributed by atoms with Crippen molar-refractivity contribution in [1.82, 2.24) is 46.1 Å². The molecule has 330 valence electrons. The molecule has 5 heterocycles. The fraction of sp³-hybridized carbons (Fsp3) is 0.450. The minimum absolute atomic E-state index is 0.0000475. The van der Waals surface area contributed by atoms with Gasteiger partial charge in [0.25, 0.3) is 0 Å². The maximum absolute atomic E-state index is 14.4. The molecule has 6 rings (SSSR count). The zero-order chi connectivity index (χ0) is 44.2. The third kappa shape index (κ3) is 12.0. The van der Waals surface area contributed by atoms with Gasteiger partial charge in [0, 0.05) is 54.1 Å². The number of rotatable bonds is 10. The average molecular weight is 893 g/mol. The summed E-state index contributed by atoms with van der Waals surface area (Å²) in [6.45, 7) is 0.111. The second-order valence-corrected chi connectivity index (χ2v) is 17.6. The topological polar surface area (TPSA) is 283 Å². The number of benzene rings is 1. The first-order valence-corrected chi connectivity index (χ1v) is 22.8. The van der Waals surface area contributed by atoms with Gasteiger partial charge in [0.2, 0.25) is 41.4 Å². The number of nitrogens with one attached hydrogen (secondary N) is 6. The molecule has 3 aromatic heterocycles. The molecule has 2 aliphatic heterocycles. The van der Waals surface area contributed by atoms with Crippen LogP contribution in [0.5, 0.6) is 0 Å². The van der Waals surface area contributed by atoms with Crippen LogP contribution in [0.3, 0.4) is 0 Å². The first kappa shape index (κ1) is 45.4. The van der Waals surface area contributed by atoms with Crippen LogP contribution in [0.1, 0.15) is 50.5 Å². The Morgan fingerprint density at radius 2 is 1.71 bits per heavy atom. The highest BCUT2D eigenvalue weighted by Crippen LogP contribution is 2.25. The van der Waals surface area contributed by atoms with Gasteiger partial charge < -0.3 is 47.3 Å². The maximum Gasteiger partial charge on any atom is 0.307 e. The number of imidazole rings is 1. The van der Waals surface area contributed by atoms with Crippen LogP contribution >= 0.6 is 21.6 Å². The molecule has 0 aliphatic carbocycles. The number of aromatic amines is 1. The van der Waals surface area contributed by atoms with E-state index >= 15 is 0 Å². The number of amides is 7. The van der Waals surface area contributed by atoms with Gasteiger partial charge in [-0.05, 0) is 49.8 Å². The number of nitrogens with two attached hydrogens (primary N) is 1. The van der Waals surface area contributed by atoms with Gasteiger partial charge in [-0.3, -0.25) is 38.4 Å². The van der Waals surface area contributed by atoms with Crippen LogP contribution in [0.4, 0.5) is 0 Å². The number of H-pyrrole nitrogens is 1. The molecule has 2 fully saturated rings. The quantitative estimate of drug-likeness (QED) is 0.0558. The van der Waals surface area contributed by atoms with E-state index in [1.54, 1.807) is 16.9 Å². The van der Waals surface area contributed by atoms with Gasteiger partial charge in [0.15, 0.2) is 6.20 Å². The highest BCUT2D eigenvalue weighted by molar-refractivity contribution is 8.76. The Bertz CT molecular complexity index is 2300. The summed E-state index contributed by atoms with van der Waals surface area (Å²) in [5.74, 6) is -6.09. The van der Waals surface area contributed by atoms with Crippen molar-refractivity contribution >= 4 is 85.5 Å². The summed E-state index contributed by atoms with van der Waals surface area (Å²) in [5.41, 5.74) is 7.96. The number of para-hydroxylation sites is 1. The minimum Gasteiger partial charge on any atom is -0.481 e. The summed E-state index contributed by atoms with van der Waals surface area (Å²) in [6, 6.07) is 4.90. The Hall–Kier alpha value is -6.16. The molecule has 0 saturated carbocycles. The molecule has 5 unspecified atom stereocenters. The van der Waals surface area contributed by atoms with E-state index < -0.39 is 90.5 Å². The number of carboxylic acid groups (broad SMARTS) is 1. The lowest BCUT2D eigenvalue weighted by Gasteiger charge is -2.30. The Morgan fingerprint density at radius 1 is 0.903 bits per heavy atom. The van der Waals surface area contributed by atoms with E-state index in [1.807, 2.05) is 53.4 Å². The number of aryl methyl sites for hydroxylation is 1. The summed E-state index contributed by atoms with van der Waals surface area (Å²) in [6.07, 6.45) is 8.22. The second-order valence-electron chi connectivity index (χ2n) is 15.0. The highest BCUT2D eigenvalue weighted by atomic mass is 33.1. The third-order valence-corrected chi connectivity index (χ3v) is 13.0. The highest BCUT2D eigenvalue weighted by Gasteiger charge is 2.40. The number of hydrogen-bond acceptors (Lipinski definition) is 11. The van der Waals surface area contributed by atoms with Gasteiger partial charge in [-0.25, -0.2) is 4.57 Å². The van der Waals surface area contributed by atoms with E-state index in [4.69, 9.17) is 5.73 Å². The fourth-order valence-electron chi connectivity index (χ4n) is 7.48. The van der Waals surface area contributed by atoms with Crippen LogP contribution in [0.15, 0.2) is 61.2 Å². The van der Waals surface area contributed by atoms with Crippen LogP contribution in [0.25, 0.3) is 16.6 Å². The Balaban J connectivity index is 1.21. The first-order valence-electron chi connectivity index (χ1n) is 20.3. The number of aromatic nitrogens is 4. The Labute approximate surface area is 363 Å². The Kier molecular flexibility index (Phi) is 15.8. The predicted octanol–water partition coefficient (Wildman–Crippen LogP) is -0.692. The van der Waals surface area contributed by atoms with Gasteiger partial charge in [-0.1, -0.05) is 44.9 Å². The molecule has 7 amide bonds. The van der Waals surface area contributed by atoms with Crippen molar-refractivity contribution in [3.8, 4) is 0 Å². The van der Waals surface area contributed by atoms with E-state index in [-0.39, 0.29) is 43.7 Å². The van der Waals surface area contributed by atoms with E-state index in [9.17, 15) is 43.5 Å². The van der Waals surface area contributed by atoms with E-state index in [2.05, 4.69) is 36.7 Å². The van der Waals surface area contributed by atoms with Crippen LogP contribution in [-0.4, -0.2) is 127 Å². The number of carboxylic acids is 1. The van der Waals surface area contributed by atoms with Gasteiger partial charge >= 0.3 is 11.6 Å². The van der Waals surface area contributed by atoms with Gasteiger partial charge in [-0.15, -0.1) is 4.52 Å². The number of unbranched alkanes of at least 4 members (excludes halogenated alkanes) is 1. The lowest BCUT2D eigenvalue weighted by Crippen LogP contribution is -2.59. The van der Waals surface area contributed by atoms with E-state index in [1.165, 1.54) is 26.5 Å². The zero-order valence-electron chi connectivity index (χ0n) is 33.7. The van der Waals surface area contributed by atoms with Crippen LogP contribution < -0.4 is 36.9 Å². The molecule has 5 atom stereocenters. The number of aliphatic carboxylic acids is 1. The molecule has 9 N–H and O–H groups in total. The summed E-state index contributed by atoms with van der Waals surface area (Å²) in [7, 11) is 2.49. The lowest BCUT2D eigenvalue weighted by molar-refractivity contribution is -0.671. The third-order valence-electron chi connectivity index (χ3n) is 10.6. The number of hydrogen-bond donors (Lipinski definition) is 8. The molecule has 0 spiro atoms. The number of fused-ring (bicyclic) bond motifs is 3. The van der Waals surface area contributed by atoms with Crippen molar-refractivity contribution in [3.05, 3.63) is 66.7 Å². The average Bonchev–Trinajstić information content (AvgIpc) is 4.01. The molecule has 1 aromatic carbocycles. The summed E-state index contributed by atoms with van der Waals surface area (Å²) >= 11 is 0. The number of carbonyl (C=O) groups excluding carboxylic acids is 7. The van der Waals surface area contributed by atoms with Crippen molar-refractivity contribution in [2.75, 3.05) is 24.6 Å². The van der Waals surface area contributed by atoms with Crippen molar-refractivity contribution in [1.29, 1.82) is 0 Å². The number of carbonyl (C=O) groups is 8. The molecule has 2 aliphatic rings. The van der Waals surface area contributed by atoms with Crippen LogP contribution in [-0.2, 0) is 51.3 Å². The fourth-order valence-corrected chi connectivity index (χ4v) is 9.65. The van der Waals surface area contributed by atoms with Gasteiger partial charge in [-0.2, -0.15) is 0 Å².